The fourth-order valence-corrected chi connectivity index (χ4v) is 1.49. The van der Waals surface area contributed by atoms with Gasteiger partial charge in [-0.15, -0.1) is 0 Å². The van der Waals surface area contributed by atoms with Crippen molar-refractivity contribution in [2.75, 3.05) is 0 Å². The average molecular weight is 222 g/mol. The molecule has 0 unspecified atom stereocenters. The third-order valence-corrected chi connectivity index (χ3v) is 2.44. The summed E-state index contributed by atoms with van der Waals surface area (Å²) in [6.45, 7) is 4.89. The van der Waals surface area contributed by atoms with Gasteiger partial charge in [-0.1, -0.05) is 13.8 Å². The molecule has 0 aliphatic heterocycles. The summed E-state index contributed by atoms with van der Waals surface area (Å²) in [7, 11) is 0. The Labute approximate surface area is 93.5 Å². The second kappa shape index (κ2) is 4.35. The van der Waals surface area contributed by atoms with E-state index in [1.807, 2.05) is 0 Å². The topological polar surface area (TPSA) is 74.6 Å². The fraction of sp³-hybridized carbons (Fsp3) is 0.333. The van der Waals surface area contributed by atoms with Crippen molar-refractivity contribution >= 4 is 11.8 Å². The lowest BCUT2D eigenvalue weighted by Crippen LogP contribution is -2.14. The number of hydrogen-bond donors (Lipinski definition) is 2. The number of benzene rings is 1. The Balaban J connectivity index is 3.46. The van der Waals surface area contributed by atoms with Crippen LogP contribution in [0.1, 0.15) is 40.1 Å². The molecule has 0 fully saturated rings. The Bertz CT molecular complexity index is 447. The molecule has 0 atom stereocenters. The summed E-state index contributed by atoms with van der Waals surface area (Å²) in [5.74, 6) is -1.82. The fourth-order valence-electron chi connectivity index (χ4n) is 1.49. The van der Waals surface area contributed by atoms with Gasteiger partial charge in [0, 0.05) is 17.0 Å². The molecule has 0 heterocycles. The van der Waals surface area contributed by atoms with E-state index in [1.54, 1.807) is 13.8 Å². The number of phenols is 1. The van der Waals surface area contributed by atoms with Gasteiger partial charge in [-0.2, -0.15) is 0 Å². The molecule has 4 nitrogen and oxygen atoms in total. The highest BCUT2D eigenvalue weighted by Crippen LogP contribution is 2.25. The zero-order valence-electron chi connectivity index (χ0n) is 9.44. The van der Waals surface area contributed by atoms with Crippen LogP contribution in [0.4, 0.5) is 0 Å². The van der Waals surface area contributed by atoms with Crippen molar-refractivity contribution in [1.82, 2.24) is 0 Å². The van der Waals surface area contributed by atoms with Crippen LogP contribution >= 0.6 is 0 Å². The van der Waals surface area contributed by atoms with E-state index < -0.39 is 5.97 Å². The summed E-state index contributed by atoms with van der Waals surface area (Å²) in [6, 6.07) is 2.70. The number of hydrogen-bond acceptors (Lipinski definition) is 3. The summed E-state index contributed by atoms with van der Waals surface area (Å²) in [5.41, 5.74) is 0.260. The van der Waals surface area contributed by atoms with Crippen LogP contribution in [0.2, 0.25) is 0 Å². The molecule has 2 N–H and O–H groups in total. The van der Waals surface area contributed by atoms with E-state index in [0.717, 1.165) is 0 Å². The lowest BCUT2D eigenvalue weighted by atomic mass is 9.93. The van der Waals surface area contributed by atoms with Gasteiger partial charge in [-0.3, -0.25) is 4.79 Å². The minimum absolute atomic E-state index is 0.112. The minimum atomic E-state index is -1.20. The smallest absolute Gasteiger partial charge is 0.336 e. The maximum atomic E-state index is 11.8. The van der Waals surface area contributed by atoms with Gasteiger partial charge in [0.05, 0.1) is 5.56 Å². The molecule has 0 aromatic heterocycles. The molecule has 16 heavy (non-hydrogen) atoms. The van der Waals surface area contributed by atoms with Crippen LogP contribution in [0.5, 0.6) is 5.75 Å². The van der Waals surface area contributed by atoms with Crippen LogP contribution in [-0.2, 0) is 0 Å². The minimum Gasteiger partial charge on any atom is -0.508 e. The van der Waals surface area contributed by atoms with Crippen molar-refractivity contribution in [2.45, 2.75) is 20.8 Å². The quantitative estimate of drug-likeness (QED) is 0.769. The lowest BCUT2D eigenvalue weighted by Gasteiger charge is -2.11. The Hall–Kier alpha value is -1.84. The first-order valence-corrected chi connectivity index (χ1v) is 4.96. The largest absolute Gasteiger partial charge is 0.508 e. The van der Waals surface area contributed by atoms with Crippen LogP contribution in [0.25, 0.3) is 0 Å². The molecule has 0 aliphatic carbocycles. The molecule has 0 saturated heterocycles. The number of ketones is 1. The summed E-state index contributed by atoms with van der Waals surface area (Å²) in [6.07, 6.45) is 0. The molecule has 0 saturated carbocycles. The van der Waals surface area contributed by atoms with Crippen LogP contribution in [0.15, 0.2) is 12.1 Å². The van der Waals surface area contributed by atoms with Crippen molar-refractivity contribution in [3.63, 3.8) is 0 Å². The molecular weight excluding hydrogens is 208 g/mol. The molecule has 1 aromatic carbocycles. The van der Waals surface area contributed by atoms with Crippen LogP contribution in [-0.4, -0.2) is 22.0 Å². The van der Waals surface area contributed by atoms with Gasteiger partial charge in [0.1, 0.15) is 5.75 Å². The standard InChI is InChI=1S/C12H14O4/c1-6(2)11(14)8-4-5-9(13)7(3)10(8)12(15)16/h4-6,13H,1-3H3,(H,15,16). The van der Waals surface area contributed by atoms with Crippen molar-refractivity contribution in [1.29, 1.82) is 0 Å². The highest BCUT2D eigenvalue weighted by molar-refractivity contribution is 6.07. The third-order valence-electron chi connectivity index (χ3n) is 2.44. The zero-order valence-corrected chi connectivity index (χ0v) is 9.44. The molecule has 86 valence electrons. The first kappa shape index (κ1) is 12.2. The first-order valence-electron chi connectivity index (χ1n) is 4.96. The van der Waals surface area contributed by atoms with Crippen molar-refractivity contribution in [3.05, 3.63) is 28.8 Å². The number of aromatic hydroxyl groups is 1. The number of aromatic carboxylic acids is 1. The summed E-state index contributed by atoms with van der Waals surface area (Å²) >= 11 is 0. The monoisotopic (exact) mass is 222 g/mol. The number of carbonyl (C=O) groups is 2. The molecule has 0 amide bonds. The second-order valence-electron chi connectivity index (χ2n) is 3.96. The molecular formula is C12H14O4. The Morgan fingerprint density at radius 1 is 1.25 bits per heavy atom. The first-order chi connectivity index (χ1) is 7.36. The number of rotatable bonds is 3. The normalized spacial score (nSPS) is 10.5. The molecule has 0 aliphatic rings. The molecule has 0 spiro atoms. The van der Waals surface area contributed by atoms with E-state index in [4.69, 9.17) is 5.11 Å². The maximum absolute atomic E-state index is 11.8. The Kier molecular flexibility index (Phi) is 3.32. The van der Waals surface area contributed by atoms with Gasteiger partial charge in [-0.05, 0) is 19.1 Å². The number of Topliss-reactive ketones (excluding diaryl/α,β-unsaturated/α-hetero) is 1. The van der Waals surface area contributed by atoms with Gasteiger partial charge in [0.2, 0.25) is 0 Å². The van der Waals surface area contributed by atoms with Crippen molar-refractivity contribution < 1.29 is 19.8 Å². The van der Waals surface area contributed by atoms with Crippen LogP contribution in [0, 0.1) is 12.8 Å². The SMILES string of the molecule is Cc1c(O)ccc(C(=O)C(C)C)c1C(=O)O. The summed E-state index contributed by atoms with van der Waals surface area (Å²) < 4.78 is 0. The third kappa shape index (κ3) is 2.05. The number of carboxylic acid groups (broad SMARTS) is 1. The van der Waals surface area contributed by atoms with E-state index in [0.29, 0.717) is 0 Å². The second-order valence-corrected chi connectivity index (χ2v) is 3.96. The Morgan fingerprint density at radius 3 is 2.25 bits per heavy atom. The molecule has 0 bridgehead atoms. The van der Waals surface area contributed by atoms with Crippen molar-refractivity contribution in [3.8, 4) is 5.75 Å². The number of phenolic OH excluding ortho intramolecular Hbond substituents is 1. The van der Waals surface area contributed by atoms with E-state index >= 15 is 0 Å². The number of carbonyl (C=O) groups excluding carboxylic acids is 1. The van der Waals surface area contributed by atoms with E-state index in [2.05, 4.69) is 0 Å². The van der Waals surface area contributed by atoms with E-state index in [9.17, 15) is 14.7 Å². The average Bonchev–Trinajstić information content (AvgIpc) is 2.20. The summed E-state index contributed by atoms with van der Waals surface area (Å²) in [4.78, 5) is 22.8. The maximum Gasteiger partial charge on any atom is 0.336 e. The zero-order chi connectivity index (χ0) is 12.5. The van der Waals surface area contributed by atoms with Gasteiger partial charge < -0.3 is 10.2 Å². The van der Waals surface area contributed by atoms with Gasteiger partial charge in [0.15, 0.2) is 5.78 Å². The van der Waals surface area contributed by atoms with Gasteiger partial charge in [-0.25, -0.2) is 4.79 Å². The van der Waals surface area contributed by atoms with Crippen molar-refractivity contribution in [2.24, 2.45) is 5.92 Å². The highest BCUT2D eigenvalue weighted by atomic mass is 16.4. The predicted molar refractivity (Wildman–Crippen MR) is 59.0 cm³/mol. The molecule has 4 heteroatoms. The molecule has 1 aromatic rings. The van der Waals surface area contributed by atoms with E-state index in [1.165, 1.54) is 19.1 Å². The number of carboxylic acids is 1. The highest BCUT2D eigenvalue weighted by Gasteiger charge is 2.22. The molecule has 1 rings (SSSR count). The van der Waals surface area contributed by atoms with Gasteiger partial charge in [0.25, 0.3) is 0 Å². The van der Waals surface area contributed by atoms with Crippen LogP contribution in [0.3, 0.4) is 0 Å². The summed E-state index contributed by atoms with van der Waals surface area (Å²) in [5, 5.41) is 18.5. The Morgan fingerprint density at radius 2 is 1.81 bits per heavy atom. The van der Waals surface area contributed by atoms with E-state index in [-0.39, 0.29) is 34.1 Å². The molecule has 0 radical (unpaired) electrons. The van der Waals surface area contributed by atoms with Crippen LogP contribution < -0.4 is 0 Å². The lowest BCUT2D eigenvalue weighted by molar-refractivity contribution is 0.0689. The van der Waals surface area contributed by atoms with Gasteiger partial charge >= 0.3 is 5.97 Å². The predicted octanol–water partition coefficient (Wildman–Crippen LogP) is 2.24.